The fraction of sp³-hybridized carbons (Fsp3) is 0.294. The third-order valence-electron chi connectivity index (χ3n) is 3.55. The van der Waals surface area contributed by atoms with Crippen molar-refractivity contribution in [3.63, 3.8) is 0 Å². The van der Waals surface area contributed by atoms with Crippen molar-refractivity contribution in [3.8, 4) is 0 Å². The van der Waals surface area contributed by atoms with E-state index >= 15 is 0 Å². The number of rotatable bonds is 4. The van der Waals surface area contributed by atoms with E-state index in [9.17, 15) is 0 Å². The van der Waals surface area contributed by atoms with Crippen molar-refractivity contribution < 1.29 is 4.74 Å². The standard InChI is InChI=1S/C17H19AsO/c1-3-8-15(9-4-1)18(14-17-12-7-13-19-17)16-10-5-2-6-11-16/h1-6,8-11,17H,7,12-14H2. The van der Waals surface area contributed by atoms with Gasteiger partial charge in [-0.05, 0) is 0 Å². The first kappa shape index (κ1) is 13.0. The third-order valence-corrected chi connectivity index (χ3v) is 9.03. The fourth-order valence-corrected chi connectivity index (χ4v) is 7.77. The molecule has 0 bridgehead atoms. The quantitative estimate of drug-likeness (QED) is 0.788. The van der Waals surface area contributed by atoms with Crippen molar-refractivity contribution in [2.45, 2.75) is 24.2 Å². The number of hydrogen-bond acceptors (Lipinski definition) is 1. The van der Waals surface area contributed by atoms with Gasteiger partial charge in [0.2, 0.25) is 0 Å². The summed E-state index contributed by atoms with van der Waals surface area (Å²) in [5.74, 6) is 0. The molecule has 3 rings (SSSR count). The average Bonchev–Trinajstić information content (AvgIpc) is 3.00. The van der Waals surface area contributed by atoms with Crippen LogP contribution < -0.4 is 8.70 Å². The van der Waals surface area contributed by atoms with Crippen molar-refractivity contribution in [1.29, 1.82) is 0 Å². The van der Waals surface area contributed by atoms with E-state index in [4.69, 9.17) is 4.74 Å². The Bertz CT molecular complexity index is 452. The molecule has 1 fully saturated rings. The van der Waals surface area contributed by atoms with Crippen molar-refractivity contribution in [2.75, 3.05) is 6.61 Å². The molecule has 0 aliphatic carbocycles. The summed E-state index contributed by atoms with van der Waals surface area (Å²) in [4.78, 5) is 0. The van der Waals surface area contributed by atoms with Gasteiger partial charge in [0.25, 0.3) is 0 Å². The molecule has 1 heterocycles. The molecule has 1 nitrogen and oxygen atoms in total. The predicted octanol–water partition coefficient (Wildman–Crippen LogP) is 2.47. The molecule has 0 aromatic heterocycles. The van der Waals surface area contributed by atoms with Crippen LogP contribution in [-0.2, 0) is 4.74 Å². The Balaban J connectivity index is 1.87. The first-order valence-electron chi connectivity index (χ1n) is 6.93. The van der Waals surface area contributed by atoms with Crippen LogP contribution in [0.25, 0.3) is 0 Å². The van der Waals surface area contributed by atoms with Gasteiger partial charge in [-0.2, -0.15) is 0 Å². The molecule has 1 saturated heterocycles. The molecule has 1 atom stereocenters. The van der Waals surface area contributed by atoms with Crippen LogP contribution in [0.4, 0.5) is 0 Å². The second-order valence-electron chi connectivity index (χ2n) is 4.92. The van der Waals surface area contributed by atoms with Crippen molar-refractivity contribution in [1.82, 2.24) is 0 Å². The molecule has 0 amide bonds. The van der Waals surface area contributed by atoms with Crippen LogP contribution >= 0.6 is 0 Å². The molecule has 1 aliphatic heterocycles. The molecular weight excluding hydrogens is 295 g/mol. The van der Waals surface area contributed by atoms with Gasteiger partial charge in [-0.15, -0.1) is 0 Å². The Morgan fingerprint density at radius 2 is 1.47 bits per heavy atom. The van der Waals surface area contributed by atoms with E-state index in [1.54, 1.807) is 0 Å². The number of benzene rings is 2. The topological polar surface area (TPSA) is 9.23 Å². The first-order chi connectivity index (χ1) is 9.43. The van der Waals surface area contributed by atoms with Gasteiger partial charge in [-0.3, -0.25) is 0 Å². The molecule has 98 valence electrons. The minimum absolute atomic E-state index is 0.486. The summed E-state index contributed by atoms with van der Waals surface area (Å²) < 4.78 is 8.94. The Hall–Kier alpha value is -1.04. The van der Waals surface area contributed by atoms with Crippen LogP contribution in [0, 0.1) is 0 Å². The van der Waals surface area contributed by atoms with Crippen molar-refractivity contribution in [2.24, 2.45) is 0 Å². The van der Waals surface area contributed by atoms with E-state index < -0.39 is 14.7 Å². The van der Waals surface area contributed by atoms with E-state index in [-0.39, 0.29) is 0 Å². The minimum atomic E-state index is -1.21. The van der Waals surface area contributed by atoms with Crippen molar-refractivity contribution in [3.05, 3.63) is 60.7 Å². The van der Waals surface area contributed by atoms with Crippen LogP contribution in [0.3, 0.4) is 0 Å². The monoisotopic (exact) mass is 314 g/mol. The van der Waals surface area contributed by atoms with Gasteiger partial charge < -0.3 is 0 Å². The summed E-state index contributed by atoms with van der Waals surface area (Å²) in [6.07, 6.45) is 2.96. The summed E-state index contributed by atoms with van der Waals surface area (Å²) in [6, 6.07) is 22.0. The number of hydrogen-bond donors (Lipinski definition) is 0. The third kappa shape index (κ3) is 3.29. The van der Waals surface area contributed by atoms with E-state index in [1.165, 1.54) is 26.8 Å². The average molecular weight is 314 g/mol. The Kier molecular flexibility index (Phi) is 4.37. The molecular formula is C17H19AsO. The summed E-state index contributed by atoms with van der Waals surface area (Å²) in [5.41, 5.74) is 0. The first-order valence-corrected chi connectivity index (χ1v) is 10.1. The molecule has 0 N–H and O–H groups in total. The summed E-state index contributed by atoms with van der Waals surface area (Å²) in [5, 5.41) is 1.24. The zero-order valence-corrected chi connectivity index (χ0v) is 12.9. The second-order valence-corrected chi connectivity index (χ2v) is 9.65. The molecule has 0 spiro atoms. The van der Waals surface area contributed by atoms with Crippen molar-refractivity contribution >= 4 is 23.4 Å². The zero-order chi connectivity index (χ0) is 12.9. The van der Waals surface area contributed by atoms with Crippen LogP contribution in [0.15, 0.2) is 60.7 Å². The Morgan fingerprint density at radius 3 is 1.95 bits per heavy atom. The summed E-state index contributed by atoms with van der Waals surface area (Å²) in [6.45, 7) is 0.955. The van der Waals surface area contributed by atoms with E-state index in [2.05, 4.69) is 60.7 Å². The van der Waals surface area contributed by atoms with Gasteiger partial charge in [-0.25, -0.2) is 0 Å². The van der Waals surface area contributed by atoms with E-state index in [0.29, 0.717) is 6.10 Å². The van der Waals surface area contributed by atoms with Crippen LogP contribution in [0.5, 0.6) is 0 Å². The molecule has 0 saturated carbocycles. The molecule has 2 aromatic carbocycles. The summed E-state index contributed by atoms with van der Waals surface area (Å²) in [7, 11) is 0. The second kappa shape index (κ2) is 6.41. The van der Waals surface area contributed by atoms with Gasteiger partial charge in [-0.1, -0.05) is 0 Å². The maximum absolute atomic E-state index is 5.86. The van der Waals surface area contributed by atoms with Gasteiger partial charge in [0, 0.05) is 0 Å². The van der Waals surface area contributed by atoms with Crippen LogP contribution in [0.1, 0.15) is 12.8 Å². The SMILES string of the molecule is c1ccc([As](CC2CCCO2)c2ccccc2)cc1. The Labute approximate surface area is 119 Å². The van der Waals surface area contributed by atoms with E-state index in [0.717, 1.165) is 6.61 Å². The number of ether oxygens (including phenoxy) is 1. The zero-order valence-electron chi connectivity index (χ0n) is 11.0. The normalized spacial score (nSPS) is 18.9. The van der Waals surface area contributed by atoms with Gasteiger partial charge in [0.1, 0.15) is 0 Å². The fourth-order valence-electron chi connectivity index (χ4n) is 2.57. The molecule has 1 aliphatic rings. The van der Waals surface area contributed by atoms with Gasteiger partial charge in [0.15, 0.2) is 0 Å². The van der Waals surface area contributed by atoms with Gasteiger partial charge >= 0.3 is 120 Å². The van der Waals surface area contributed by atoms with Gasteiger partial charge in [0.05, 0.1) is 0 Å². The predicted molar refractivity (Wildman–Crippen MR) is 81.7 cm³/mol. The molecule has 2 aromatic rings. The maximum atomic E-state index is 5.86. The molecule has 1 unspecified atom stereocenters. The molecule has 0 radical (unpaired) electrons. The summed E-state index contributed by atoms with van der Waals surface area (Å²) >= 11 is -1.21. The molecule has 19 heavy (non-hydrogen) atoms. The van der Waals surface area contributed by atoms with Crippen LogP contribution in [-0.4, -0.2) is 27.4 Å². The van der Waals surface area contributed by atoms with Crippen LogP contribution in [0.2, 0.25) is 5.21 Å². The Morgan fingerprint density at radius 1 is 0.895 bits per heavy atom. The van der Waals surface area contributed by atoms with E-state index in [1.807, 2.05) is 0 Å². The molecule has 2 heteroatoms.